The van der Waals surface area contributed by atoms with E-state index in [1.54, 1.807) is 13.2 Å². The Bertz CT molecular complexity index is 393. The molecule has 1 aliphatic rings. The standard InChI is InChI=1S/C12H16N2O3/c1-17-12(5-2-6-12)8-14-10-4-3-9(7-13-10)11(15)16/h3-4,7H,2,5-6,8H2,1H3,(H,13,14)(H,15,16). The second kappa shape index (κ2) is 4.71. The number of rotatable bonds is 5. The molecule has 0 saturated heterocycles. The van der Waals surface area contributed by atoms with Gasteiger partial charge < -0.3 is 15.2 Å². The van der Waals surface area contributed by atoms with Crippen molar-refractivity contribution >= 4 is 11.8 Å². The number of ether oxygens (including phenoxy) is 1. The predicted octanol–water partition coefficient (Wildman–Crippen LogP) is 1.76. The van der Waals surface area contributed by atoms with Crippen LogP contribution in [0, 0.1) is 0 Å². The Morgan fingerprint density at radius 3 is 2.76 bits per heavy atom. The van der Waals surface area contributed by atoms with Crippen molar-refractivity contribution in [2.75, 3.05) is 19.0 Å². The molecular weight excluding hydrogens is 220 g/mol. The minimum atomic E-state index is -0.962. The van der Waals surface area contributed by atoms with E-state index in [2.05, 4.69) is 10.3 Å². The van der Waals surface area contributed by atoms with Gasteiger partial charge in [0, 0.05) is 19.9 Å². The zero-order valence-corrected chi connectivity index (χ0v) is 9.77. The molecule has 5 heteroatoms. The highest BCUT2D eigenvalue weighted by Crippen LogP contribution is 2.34. The Hall–Kier alpha value is -1.62. The van der Waals surface area contributed by atoms with Crippen LogP contribution in [0.4, 0.5) is 5.82 Å². The highest BCUT2D eigenvalue weighted by atomic mass is 16.5. The molecule has 1 fully saturated rings. The first kappa shape index (κ1) is 11.9. The molecule has 0 spiro atoms. The van der Waals surface area contributed by atoms with E-state index in [-0.39, 0.29) is 11.2 Å². The first-order chi connectivity index (χ1) is 8.15. The fraction of sp³-hybridized carbons (Fsp3) is 0.500. The highest BCUT2D eigenvalue weighted by Gasteiger charge is 2.36. The summed E-state index contributed by atoms with van der Waals surface area (Å²) in [5, 5.41) is 11.9. The SMILES string of the molecule is COC1(CNc2ccc(C(=O)O)cn2)CCC1. The highest BCUT2D eigenvalue weighted by molar-refractivity contribution is 5.87. The number of nitrogens with one attached hydrogen (secondary N) is 1. The summed E-state index contributed by atoms with van der Waals surface area (Å²) >= 11 is 0. The molecule has 0 atom stereocenters. The average Bonchev–Trinajstić information content (AvgIpc) is 2.29. The molecule has 1 saturated carbocycles. The van der Waals surface area contributed by atoms with Gasteiger partial charge >= 0.3 is 5.97 Å². The second-order valence-corrected chi connectivity index (χ2v) is 4.33. The van der Waals surface area contributed by atoms with E-state index in [4.69, 9.17) is 9.84 Å². The summed E-state index contributed by atoms with van der Waals surface area (Å²) in [4.78, 5) is 14.7. The Balaban J connectivity index is 1.93. The molecule has 5 nitrogen and oxygen atoms in total. The van der Waals surface area contributed by atoms with Crippen molar-refractivity contribution in [1.82, 2.24) is 4.98 Å². The summed E-state index contributed by atoms with van der Waals surface area (Å²) in [5.41, 5.74) is 0.133. The number of aromatic nitrogens is 1. The molecule has 2 N–H and O–H groups in total. The van der Waals surface area contributed by atoms with E-state index in [1.165, 1.54) is 18.7 Å². The van der Waals surface area contributed by atoms with Crippen molar-refractivity contribution in [2.24, 2.45) is 0 Å². The Kier molecular flexibility index (Phi) is 3.28. The van der Waals surface area contributed by atoms with Crippen molar-refractivity contribution in [3.63, 3.8) is 0 Å². The Labute approximate surface area is 99.8 Å². The second-order valence-electron chi connectivity index (χ2n) is 4.33. The van der Waals surface area contributed by atoms with Gasteiger partial charge in [0.05, 0.1) is 11.2 Å². The third-order valence-electron chi connectivity index (χ3n) is 3.30. The monoisotopic (exact) mass is 236 g/mol. The maximum absolute atomic E-state index is 10.7. The number of hydrogen-bond acceptors (Lipinski definition) is 4. The summed E-state index contributed by atoms with van der Waals surface area (Å²) in [6.45, 7) is 0.711. The summed E-state index contributed by atoms with van der Waals surface area (Å²) in [6.07, 6.45) is 4.67. The van der Waals surface area contributed by atoms with Gasteiger partial charge in [-0.2, -0.15) is 0 Å². The van der Waals surface area contributed by atoms with Gasteiger partial charge in [-0.1, -0.05) is 0 Å². The fourth-order valence-electron chi connectivity index (χ4n) is 1.90. The molecule has 0 unspecified atom stereocenters. The van der Waals surface area contributed by atoms with E-state index in [1.807, 2.05) is 0 Å². The molecule has 1 aromatic rings. The van der Waals surface area contributed by atoms with Gasteiger partial charge in [-0.15, -0.1) is 0 Å². The topological polar surface area (TPSA) is 71.5 Å². The van der Waals surface area contributed by atoms with Crippen molar-refractivity contribution < 1.29 is 14.6 Å². The zero-order chi connectivity index (χ0) is 12.3. The maximum Gasteiger partial charge on any atom is 0.337 e. The van der Waals surface area contributed by atoms with E-state index in [0.717, 1.165) is 12.8 Å². The molecule has 2 rings (SSSR count). The van der Waals surface area contributed by atoms with Crippen LogP contribution in [0.3, 0.4) is 0 Å². The van der Waals surface area contributed by atoms with Crippen molar-refractivity contribution in [1.29, 1.82) is 0 Å². The first-order valence-corrected chi connectivity index (χ1v) is 5.64. The lowest BCUT2D eigenvalue weighted by atomic mass is 9.80. The summed E-state index contributed by atoms with van der Waals surface area (Å²) in [7, 11) is 1.72. The molecule has 0 radical (unpaired) electrons. The number of pyridine rings is 1. The zero-order valence-electron chi connectivity index (χ0n) is 9.77. The van der Waals surface area contributed by atoms with Gasteiger partial charge in [-0.05, 0) is 31.4 Å². The van der Waals surface area contributed by atoms with Crippen LogP contribution in [-0.2, 0) is 4.74 Å². The summed E-state index contributed by atoms with van der Waals surface area (Å²) < 4.78 is 5.47. The summed E-state index contributed by atoms with van der Waals surface area (Å²) in [6, 6.07) is 3.21. The number of hydrogen-bond donors (Lipinski definition) is 2. The van der Waals surface area contributed by atoms with Crippen LogP contribution >= 0.6 is 0 Å². The quantitative estimate of drug-likeness (QED) is 0.815. The number of anilines is 1. The number of carboxylic acids is 1. The van der Waals surface area contributed by atoms with Gasteiger partial charge in [0.15, 0.2) is 0 Å². The maximum atomic E-state index is 10.7. The molecule has 17 heavy (non-hydrogen) atoms. The molecule has 0 bridgehead atoms. The lowest BCUT2D eigenvalue weighted by Crippen LogP contribution is -2.45. The molecule has 1 aliphatic carbocycles. The third kappa shape index (κ3) is 2.55. The number of nitrogens with zero attached hydrogens (tertiary/aromatic N) is 1. The molecule has 0 amide bonds. The van der Waals surface area contributed by atoms with E-state index in [9.17, 15) is 4.79 Å². The van der Waals surface area contributed by atoms with Crippen LogP contribution in [0.2, 0.25) is 0 Å². The number of carbonyl (C=O) groups is 1. The van der Waals surface area contributed by atoms with E-state index < -0.39 is 5.97 Å². The first-order valence-electron chi connectivity index (χ1n) is 5.64. The van der Waals surface area contributed by atoms with Crippen LogP contribution < -0.4 is 5.32 Å². The number of methoxy groups -OCH3 is 1. The van der Waals surface area contributed by atoms with Gasteiger partial charge in [0.25, 0.3) is 0 Å². The normalized spacial score (nSPS) is 17.2. The van der Waals surface area contributed by atoms with Gasteiger partial charge in [0.2, 0.25) is 0 Å². The molecular formula is C12H16N2O3. The molecule has 92 valence electrons. The summed E-state index contributed by atoms with van der Waals surface area (Å²) in [5.74, 6) is -0.283. The fourth-order valence-corrected chi connectivity index (χ4v) is 1.90. The Morgan fingerprint density at radius 2 is 2.35 bits per heavy atom. The third-order valence-corrected chi connectivity index (χ3v) is 3.30. The van der Waals surface area contributed by atoms with Gasteiger partial charge in [-0.25, -0.2) is 9.78 Å². The van der Waals surface area contributed by atoms with Crippen LogP contribution in [0.5, 0.6) is 0 Å². The Morgan fingerprint density at radius 1 is 1.59 bits per heavy atom. The molecule has 1 aromatic heterocycles. The number of carboxylic acid groups (broad SMARTS) is 1. The predicted molar refractivity (Wildman–Crippen MR) is 63.3 cm³/mol. The van der Waals surface area contributed by atoms with E-state index >= 15 is 0 Å². The average molecular weight is 236 g/mol. The minimum Gasteiger partial charge on any atom is -0.478 e. The largest absolute Gasteiger partial charge is 0.478 e. The van der Waals surface area contributed by atoms with Crippen LogP contribution in [0.25, 0.3) is 0 Å². The molecule has 0 aromatic carbocycles. The van der Waals surface area contributed by atoms with Gasteiger partial charge in [-0.3, -0.25) is 0 Å². The lowest BCUT2D eigenvalue weighted by molar-refractivity contribution is -0.0601. The van der Waals surface area contributed by atoms with Crippen LogP contribution in [0.1, 0.15) is 29.6 Å². The van der Waals surface area contributed by atoms with Crippen LogP contribution in [-0.4, -0.2) is 35.3 Å². The minimum absolute atomic E-state index is 0.0624. The molecule has 1 heterocycles. The van der Waals surface area contributed by atoms with E-state index in [0.29, 0.717) is 12.4 Å². The van der Waals surface area contributed by atoms with Gasteiger partial charge in [0.1, 0.15) is 5.82 Å². The lowest BCUT2D eigenvalue weighted by Gasteiger charge is -2.40. The number of aromatic carboxylic acids is 1. The van der Waals surface area contributed by atoms with Crippen molar-refractivity contribution in [3.05, 3.63) is 23.9 Å². The smallest absolute Gasteiger partial charge is 0.337 e. The van der Waals surface area contributed by atoms with Crippen LogP contribution in [0.15, 0.2) is 18.3 Å². The van der Waals surface area contributed by atoms with Crippen molar-refractivity contribution in [2.45, 2.75) is 24.9 Å². The molecule has 0 aliphatic heterocycles. The van der Waals surface area contributed by atoms with Crippen molar-refractivity contribution in [3.8, 4) is 0 Å².